The normalized spacial score (nSPS) is 11.0. The molecular weight excluding hydrogens is 268 g/mol. The number of para-hydroxylation sites is 2. The molecule has 0 spiro atoms. The smallest absolute Gasteiger partial charge is 0.227 e. The molecule has 2 heterocycles. The van der Waals surface area contributed by atoms with Gasteiger partial charge in [-0.1, -0.05) is 12.1 Å². The summed E-state index contributed by atoms with van der Waals surface area (Å²) in [6, 6.07) is 7.91. The Balaban J connectivity index is 1.69. The van der Waals surface area contributed by atoms with Crippen LogP contribution in [0.4, 0.5) is 5.82 Å². The quantitative estimate of drug-likeness (QED) is 0.787. The number of rotatable bonds is 4. The molecule has 1 N–H and O–H groups in total. The molecule has 21 heavy (non-hydrogen) atoms. The lowest BCUT2D eigenvalue weighted by Crippen LogP contribution is -2.15. The number of benzene rings is 1. The maximum atomic E-state index is 11.9. The Morgan fingerprint density at radius 2 is 2.14 bits per heavy atom. The lowest BCUT2D eigenvalue weighted by molar-refractivity contribution is -0.116. The Kier molecular flexibility index (Phi) is 3.39. The van der Waals surface area contributed by atoms with E-state index in [-0.39, 0.29) is 5.91 Å². The number of aromatic nitrogens is 5. The summed E-state index contributed by atoms with van der Waals surface area (Å²) >= 11 is 0. The minimum atomic E-state index is -0.0901. The van der Waals surface area contributed by atoms with Gasteiger partial charge in [0.1, 0.15) is 5.82 Å². The molecule has 7 heteroatoms. The second kappa shape index (κ2) is 5.35. The number of carbonyl (C=O) groups is 1. The van der Waals surface area contributed by atoms with Crippen LogP contribution in [-0.4, -0.2) is 30.5 Å². The minimum absolute atomic E-state index is 0.0901. The van der Waals surface area contributed by atoms with Gasteiger partial charge in [0, 0.05) is 20.0 Å². The van der Waals surface area contributed by atoms with E-state index in [1.165, 1.54) is 11.0 Å². The van der Waals surface area contributed by atoms with Gasteiger partial charge in [-0.05, 0) is 19.1 Å². The SMILES string of the molecule is Cc1nc2ccccc2n1CCC(=O)Nc1cnn(C)n1. The second-order valence-electron chi connectivity index (χ2n) is 4.82. The van der Waals surface area contributed by atoms with Crippen molar-refractivity contribution < 1.29 is 4.79 Å². The summed E-state index contributed by atoms with van der Waals surface area (Å²) < 4.78 is 2.05. The van der Waals surface area contributed by atoms with Crippen LogP contribution < -0.4 is 5.32 Å². The van der Waals surface area contributed by atoms with Crippen LogP contribution in [0.2, 0.25) is 0 Å². The predicted molar refractivity (Wildman–Crippen MR) is 78.7 cm³/mol. The van der Waals surface area contributed by atoms with Crippen LogP contribution in [0.15, 0.2) is 30.5 Å². The second-order valence-corrected chi connectivity index (χ2v) is 4.82. The molecule has 0 unspecified atom stereocenters. The maximum absolute atomic E-state index is 11.9. The first-order chi connectivity index (χ1) is 10.1. The highest BCUT2D eigenvalue weighted by molar-refractivity contribution is 5.89. The van der Waals surface area contributed by atoms with Crippen molar-refractivity contribution in [1.29, 1.82) is 0 Å². The van der Waals surface area contributed by atoms with E-state index in [1.54, 1.807) is 7.05 Å². The Bertz CT molecular complexity index is 788. The number of aryl methyl sites for hydroxylation is 3. The van der Waals surface area contributed by atoms with Crippen molar-refractivity contribution in [3.05, 3.63) is 36.3 Å². The van der Waals surface area contributed by atoms with Crippen molar-refractivity contribution in [1.82, 2.24) is 24.5 Å². The van der Waals surface area contributed by atoms with Gasteiger partial charge in [-0.25, -0.2) is 4.98 Å². The van der Waals surface area contributed by atoms with Gasteiger partial charge in [0.15, 0.2) is 5.82 Å². The molecule has 0 fully saturated rings. The molecule has 3 aromatic rings. The Morgan fingerprint density at radius 3 is 2.90 bits per heavy atom. The number of hydrogen-bond acceptors (Lipinski definition) is 4. The molecule has 0 radical (unpaired) electrons. The average Bonchev–Trinajstić information content (AvgIpc) is 2.99. The number of carbonyl (C=O) groups excluding carboxylic acids is 1. The molecule has 0 aliphatic heterocycles. The van der Waals surface area contributed by atoms with E-state index in [9.17, 15) is 4.79 Å². The van der Waals surface area contributed by atoms with Crippen LogP contribution in [0.1, 0.15) is 12.2 Å². The molecule has 108 valence electrons. The fourth-order valence-corrected chi connectivity index (χ4v) is 2.30. The number of hydrogen-bond donors (Lipinski definition) is 1. The van der Waals surface area contributed by atoms with Gasteiger partial charge in [0.25, 0.3) is 0 Å². The zero-order valence-electron chi connectivity index (χ0n) is 11.9. The zero-order chi connectivity index (χ0) is 14.8. The molecule has 0 bridgehead atoms. The van der Waals surface area contributed by atoms with Gasteiger partial charge in [0.2, 0.25) is 5.91 Å². The van der Waals surface area contributed by atoms with Crippen molar-refractivity contribution in [3.8, 4) is 0 Å². The van der Waals surface area contributed by atoms with Crippen molar-refractivity contribution in [2.24, 2.45) is 7.05 Å². The van der Waals surface area contributed by atoms with E-state index in [0.717, 1.165) is 16.9 Å². The topological polar surface area (TPSA) is 77.6 Å². The van der Waals surface area contributed by atoms with Gasteiger partial charge in [-0.15, -0.1) is 5.10 Å². The number of amides is 1. The van der Waals surface area contributed by atoms with Crippen molar-refractivity contribution in [2.45, 2.75) is 19.9 Å². The minimum Gasteiger partial charge on any atom is -0.328 e. The van der Waals surface area contributed by atoms with Crippen molar-refractivity contribution in [2.75, 3.05) is 5.32 Å². The van der Waals surface area contributed by atoms with Gasteiger partial charge < -0.3 is 9.88 Å². The Labute approximate surface area is 121 Å². The molecule has 0 aliphatic rings. The Morgan fingerprint density at radius 1 is 1.33 bits per heavy atom. The summed E-state index contributed by atoms with van der Waals surface area (Å²) in [7, 11) is 1.71. The van der Waals surface area contributed by atoms with E-state index in [4.69, 9.17) is 0 Å². The van der Waals surface area contributed by atoms with Crippen LogP contribution in [0.3, 0.4) is 0 Å². The van der Waals surface area contributed by atoms with Gasteiger partial charge in [-0.3, -0.25) is 4.79 Å². The molecule has 2 aromatic heterocycles. The standard InChI is InChI=1S/C14H16N6O/c1-10-16-11-5-3-4-6-12(11)20(10)8-7-14(21)17-13-9-15-19(2)18-13/h3-6,9H,7-8H2,1-2H3,(H,17,18,21). The molecule has 1 amide bonds. The third-order valence-electron chi connectivity index (χ3n) is 3.27. The highest BCUT2D eigenvalue weighted by Gasteiger charge is 2.10. The fourth-order valence-electron chi connectivity index (χ4n) is 2.30. The highest BCUT2D eigenvalue weighted by atomic mass is 16.1. The third-order valence-corrected chi connectivity index (χ3v) is 3.27. The average molecular weight is 284 g/mol. The van der Waals surface area contributed by atoms with Gasteiger partial charge >= 0.3 is 0 Å². The lowest BCUT2D eigenvalue weighted by Gasteiger charge is -2.06. The van der Waals surface area contributed by atoms with E-state index in [1.807, 2.05) is 35.8 Å². The van der Waals surface area contributed by atoms with Crippen LogP contribution in [0.5, 0.6) is 0 Å². The van der Waals surface area contributed by atoms with E-state index in [2.05, 4.69) is 20.5 Å². The van der Waals surface area contributed by atoms with Crippen molar-refractivity contribution >= 4 is 22.8 Å². The maximum Gasteiger partial charge on any atom is 0.227 e. The largest absolute Gasteiger partial charge is 0.328 e. The lowest BCUT2D eigenvalue weighted by atomic mass is 10.3. The summed E-state index contributed by atoms with van der Waals surface area (Å²) in [5.74, 6) is 1.28. The van der Waals surface area contributed by atoms with Gasteiger partial charge in [0.05, 0.1) is 17.2 Å². The van der Waals surface area contributed by atoms with E-state index >= 15 is 0 Å². The number of nitrogens with zero attached hydrogens (tertiary/aromatic N) is 5. The summed E-state index contributed by atoms with van der Waals surface area (Å²) in [5.41, 5.74) is 1.99. The van der Waals surface area contributed by atoms with Crippen LogP contribution >= 0.6 is 0 Å². The summed E-state index contributed by atoms with van der Waals surface area (Å²) in [6.07, 6.45) is 1.88. The molecule has 1 aromatic carbocycles. The van der Waals surface area contributed by atoms with E-state index in [0.29, 0.717) is 18.8 Å². The van der Waals surface area contributed by atoms with Crippen LogP contribution in [0.25, 0.3) is 11.0 Å². The predicted octanol–water partition coefficient (Wildman–Crippen LogP) is 1.50. The summed E-state index contributed by atoms with van der Waals surface area (Å²) in [4.78, 5) is 17.8. The molecule has 3 rings (SSSR count). The molecule has 7 nitrogen and oxygen atoms in total. The van der Waals surface area contributed by atoms with Gasteiger partial charge in [-0.2, -0.15) is 9.90 Å². The first-order valence-electron chi connectivity index (χ1n) is 6.71. The van der Waals surface area contributed by atoms with E-state index < -0.39 is 0 Å². The molecule has 0 atom stereocenters. The fraction of sp³-hybridized carbons (Fsp3) is 0.286. The zero-order valence-corrected chi connectivity index (χ0v) is 11.9. The van der Waals surface area contributed by atoms with Crippen LogP contribution in [0, 0.1) is 6.92 Å². The molecule has 0 saturated carbocycles. The molecule has 0 saturated heterocycles. The monoisotopic (exact) mass is 284 g/mol. The number of nitrogens with one attached hydrogen (secondary N) is 1. The number of fused-ring (bicyclic) bond motifs is 1. The van der Waals surface area contributed by atoms with Crippen LogP contribution in [-0.2, 0) is 18.4 Å². The highest BCUT2D eigenvalue weighted by Crippen LogP contribution is 2.15. The third kappa shape index (κ3) is 2.76. The number of imidazole rings is 1. The molecule has 0 aliphatic carbocycles. The Hall–Kier alpha value is -2.70. The summed E-state index contributed by atoms with van der Waals surface area (Å²) in [6.45, 7) is 2.53. The van der Waals surface area contributed by atoms with Crippen molar-refractivity contribution in [3.63, 3.8) is 0 Å². The first-order valence-corrected chi connectivity index (χ1v) is 6.71. The first kappa shape index (κ1) is 13.3. The number of anilines is 1. The molecular formula is C14H16N6O. The summed E-state index contributed by atoms with van der Waals surface area (Å²) in [5, 5.41) is 10.7.